The minimum absolute atomic E-state index is 0.595. The standard InChI is InChI=1S/C15H11BrOS/c16-13-7-2-1-5-11(13)14(17)12-6-3-4-10-8-9-18-15(10)12/h1-9,14,17H. The summed E-state index contributed by atoms with van der Waals surface area (Å²) in [5, 5.41) is 13.8. The van der Waals surface area contributed by atoms with Gasteiger partial charge >= 0.3 is 0 Å². The van der Waals surface area contributed by atoms with Crippen molar-refractivity contribution >= 4 is 37.4 Å². The molecule has 0 saturated heterocycles. The number of aliphatic hydroxyl groups is 1. The highest BCUT2D eigenvalue weighted by Crippen LogP contribution is 2.34. The molecular weight excluding hydrogens is 308 g/mol. The molecule has 0 amide bonds. The van der Waals surface area contributed by atoms with Crippen LogP contribution in [0.4, 0.5) is 0 Å². The number of rotatable bonds is 2. The highest BCUT2D eigenvalue weighted by atomic mass is 79.9. The number of hydrogen-bond donors (Lipinski definition) is 1. The third kappa shape index (κ3) is 1.99. The lowest BCUT2D eigenvalue weighted by Crippen LogP contribution is -2.00. The smallest absolute Gasteiger partial charge is 0.107 e. The summed E-state index contributed by atoms with van der Waals surface area (Å²) in [6.07, 6.45) is -0.595. The highest BCUT2D eigenvalue weighted by Gasteiger charge is 2.16. The van der Waals surface area contributed by atoms with Gasteiger partial charge in [-0.1, -0.05) is 52.3 Å². The Morgan fingerprint density at radius 2 is 1.72 bits per heavy atom. The molecule has 1 atom stereocenters. The normalized spacial score (nSPS) is 12.8. The Balaban J connectivity index is 2.15. The van der Waals surface area contributed by atoms with E-state index in [1.54, 1.807) is 11.3 Å². The second kappa shape index (κ2) is 4.84. The molecule has 1 heterocycles. The molecule has 3 heteroatoms. The Morgan fingerprint density at radius 3 is 2.56 bits per heavy atom. The summed E-state index contributed by atoms with van der Waals surface area (Å²) in [5.41, 5.74) is 1.87. The van der Waals surface area contributed by atoms with Crippen molar-refractivity contribution in [3.05, 3.63) is 69.5 Å². The Bertz CT molecular complexity index is 690. The molecule has 0 spiro atoms. The van der Waals surface area contributed by atoms with Crippen LogP contribution in [0.1, 0.15) is 17.2 Å². The summed E-state index contributed by atoms with van der Waals surface area (Å²) in [6.45, 7) is 0. The van der Waals surface area contributed by atoms with Crippen LogP contribution in [0.3, 0.4) is 0 Å². The first-order valence-corrected chi connectivity index (χ1v) is 7.33. The summed E-state index contributed by atoms with van der Waals surface area (Å²) in [6, 6.07) is 15.9. The third-order valence-corrected chi connectivity index (χ3v) is 4.71. The summed E-state index contributed by atoms with van der Waals surface area (Å²) >= 11 is 5.16. The molecule has 0 radical (unpaired) electrons. The van der Waals surface area contributed by atoms with Gasteiger partial charge in [-0.3, -0.25) is 0 Å². The van der Waals surface area contributed by atoms with Gasteiger partial charge in [-0.05, 0) is 28.5 Å². The predicted molar refractivity (Wildman–Crippen MR) is 80.0 cm³/mol. The van der Waals surface area contributed by atoms with Gasteiger partial charge in [-0.2, -0.15) is 0 Å². The zero-order valence-electron chi connectivity index (χ0n) is 9.51. The van der Waals surface area contributed by atoms with Crippen molar-refractivity contribution < 1.29 is 5.11 Å². The molecule has 0 aliphatic carbocycles. The first-order chi connectivity index (χ1) is 8.77. The lowest BCUT2D eigenvalue weighted by molar-refractivity contribution is 0.221. The van der Waals surface area contributed by atoms with E-state index in [2.05, 4.69) is 33.4 Å². The van der Waals surface area contributed by atoms with Crippen LogP contribution < -0.4 is 0 Å². The molecule has 1 N–H and O–H groups in total. The van der Waals surface area contributed by atoms with Gasteiger partial charge in [0.2, 0.25) is 0 Å². The van der Waals surface area contributed by atoms with Crippen LogP contribution in [0.5, 0.6) is 0 Å². The van der Waals surface area contributed by atoms with E-state index >= 15 is 0 Å². The number of fused-ring (bicyclic) bond motifs is 1. The fraction of sp³-hybridized carbons (Fsp3) is 0.0667. The van der Waals surface area contributed by atoms with Gasteiger partial charge in [0.05, 0.1) is 0 Å². The second-order valence-corrected chi connectivity index (χ2v) is 5.88. The maximum Gasteiger partial charge on any atom is 0.107 e. The average molecular weight is 319 g/mol. The lowest BCUT2D eigenvalue weighted by atomic mass is 10.0. The lowest BCUT2D eigenvalue weighted by Gasteiger charge is -2.14. The summed E-state index contributed by atoms with van der Waals surface area (Å²) < 4.78 is 2.09. The van der Waals surface area contributed by atoms with Gasteiger partial charge in [-0.15, -0.1) is 11.3 Å². The fourth-order valence-corrected chi connectivity index (χ4v) is 3.54. The van der Waals surface area contributed by atoms with Crippen LogP contribution in [0.25, 0.3) is 10.1 Å². The second-order valence-electron chi connectivity index (χ2n) is 4.11. The maximum atomic E-state index is 10.6. The molecule has 2 aromatic carbocycles. The van der Waals surface area contributed by atoms with E-state index in [9.17, 15) is 5.11 Å². The van der Waals surface area contributed by atoms with Crippen molar-refractivity contribution in [2.75, 3.05) is 0 Å². The van der Waals surface area contributed by atoms with Crippen molar-refractivity contribution in [2.24, 2.45) is 0 Å². The summed E-state index contributed by atoms with van der Waals surface area (Å²) in [5.74, 6) is 0. The van der Waals surface area contributed by atoms with E-state index < -0.39 is 6.10 Å². The monoisotopic (exact) mass is 318 g/mol. The summed E-state index contributed by atoms with van der Waals surface area (Å²) in [4.78, 5) is 0. The van der Waals surface area contributed by atoms with Crippen molar-refractivity contribution in [1.82, 2.24) is 0 Å². The third-order valence-electron chi connectivity index (χ3n) is 3.00. The van der Waals surface area contributed by atoms with Crippen LogP contribution in [0.15, 0.2) is 58.4 Å². The number of aliphatic hydroxyl groups excluding tert-OH is 1. The number of hydrogen-bond acceptors (Lipinski definition) is 2. The molecular formula is C15H11BrOS. The van der Waals surface area contributed by atoms with Gasteiger partial charge in [0.15, 0.2) is 0 Å². The van der Waals surface area contributed by atoms with E-state index in [0.717, 1.165) is 20.3 Å². The average Bonchev–Trinajstić information content (AvgIpc) is 2.86. The van der Waals surface area contributed by atoms with E-state index in [-0.39, 0.29) is 0 Å². The van der Waals surface area contributed by atoms with Crippen LogP contribution in [-0.4, -0.2) is 5.11 Å². The van der Waals surface area contributed by atoms with E-state index in [0.29, 0.717) is 0 Å². The molecule has 0 saturated carbocycles. The first kappa shape index (κ1) is 11.9. The molecule has 3 aromatic rings. The Morgan fingerprint density at radius 1 is 0.944 bits per heavy atom. The first-order valence-electron chi connectivity index (χ1n) is 5.66. The Labute approximate surface area is 118 Å². The molecule has 18 heavy (non-hydrogen) atoms. The minimum atomic E-state index is -0.595. The van der Waals surface area contributed by atoms with Gasteiger partial charge in [0.1, 0.15) is 6.10 Å². The number of thiophene rings is 1. The fourth-order valence-electron chi connectivity index (χ4n) is 2.10. The van der Waals surface area contributed by atoms with E-state index in [1.165, 1.54) is 5.39 Å². The summed E-state index contributed by atoms with van der Waals surface area (Å²) in [7, 11) is 0. The zero-order chi connectivity index (χ0) is 12.5. The quantitative estimate of drug-likeness (QED) is 0.723. The van der Waals surface area contributed by atoms with Gasteiger partial charge < -0.3 is 5.11 Å². The number of benzene rings is 2. The molecule has 3 rings (SSSR count). The Hall–Kier alpha value is -1.16. The van der Waals surface area contributed by atoms with Crippen LogP contribution >= 0.6 is 27.3 Å². The van der Waals surface area contributed by atoms with Crippen molar-refractivity contribution in [1.29, 1.82) is 0 Å². The maximum absolute atomic E-state index is 10.6. The minimum Gasteiger partial charge on any atom is -0.384 e. The predicted octanol–water partition coefficient (Wildman–Crippen LogP) is 4.75. The van der Waals surface area contributed by atoms with Crippen molar-refractivity contribution in [2.45, 2.75) is 6.10 Å². The van der Waals surface area contributed by atoms with Crippen LogP contribution in [0, 0.1) is 0 Å². The van der Waals surface area contributed by atoms with Crippen LogP contribution in [-0.2, 0) is 0 Å². The van der Waals surface area contributed by atoms with Gasteiger partial charge in [-0.25, -0.2) is 0 Å². The largest absolute Gasteiger partial charge is 0.384 e. The van der Waals surface area contributed by atoms with E-state index in [1.807, 2.05) is 36.4 Å². The van der Waals surface area contributed by atoms with Crippen molar-refractivity contribution in [3.63, 3.8) is 0 Å². The molecule has 1 aromatic heterocycles. The topological polar surface area (TPSA) is 20.2 Å². The molecule has 0 fully saturated rings. The molecule has 0 aliphatic heterocycles. The molecule has 0 aliphatic rings. The molecule has 90 valence electrons. The van der Waals surface area contributed by atoms with Crippen molar-refractivity contribution in [3.8, 4) is 0 Å². The Kier molecular flexibility index (Phi) is 3.20. The molecule has 1 nitrogen and oxygen atoms in total. The van der Waals surface area contributed by atoms with Gasteiger partial charge in [0.25, 0.3) is 0 Å². The SMILES string of the molecule is OC(c1ccccc1Br)c1cccc2ccsc12. The zero-order valence-corrected chi connectivity index (χ0v) is 11.9. The van der Waals surface area contributed by atoms with E-state index in [4.69, 9.17) is 0 Å². The molecule has 1 unspecified atom stereocenters. The highest BCUT2D eigenvalue weighted by molar-refractivity contribution is 9.10. The van der Waals surface area contributed by atoms with Crippen LogP contribution in [0.2, 0.25) is 0 Å². The molecule has 0 bridgehead atoms. The van der Waals surface area contributed by atoms with Gasteiger partial charge in [0, 0.05) is 14.7 Å². The number of halogens is 1.